The number of carboxylic acids is 1. The van der Waals surface area contributed by atoms with E-state index in [0.717, 1.165) is 4.90 Å². The average Bonchev–Trinajstić information content (AvgIpc) is 2.44. The van der Waals surface area contributed by atoms with Gasteiger partial charge in [-0.2, -0.15) is 0 Å². The SMILES string of the molecule is CN1C(=O)C(=O)c2ccc(C(=O)O)cc21. The Kier molecular flexibility index (Phi) is 1.82. The van der Waals surface area contributed by atoms with Gasteiger partial charge < -0.3 is 10.0 Å². The number of rotatable bonds is 1. The number of anilines is 1. The molecule has 15 heavy (non-hydrogen) atoms. The van der Waals surface area contributed by atoms with Gasteiger partial charge >= 0.3 is 5.97 Å². The van der Waals surface area contributed by atoms with Crippen molar-refractivity contribution < 1.29 is 19.5 Å². The maximum absolute atomic E-state index is 11.3. The Morgan fingerprint density at radius 3 is 2.60 bits per heavy atom. The minimum absolute atomic E-state index is 0.0584. The number of likely N-dealkylation sites (N-methyl/N-ethyl adjacent to an activating group) is 1. The van der Waals surface area contributed by atoms with Crippen LogP contribution in [0.5, 0.6) is 0 Å². The van der Waals surface area contributed by atoms with Crippen LogP contribution in [0, 0.1) is 0 Å². The lowest BCUT2D eigenvalue weighted by Gasteiger charge is -2.08. The Bertz CT molecular complexity index is 492. The molecule has 1 aromatic rings. The standard InChI is InChI=1S/C10H7NO4/c1-11-7-4-5(10(14)15)2-3-6(7)8(12)9(11)13/h2-4H,1H3,(H,14,15). The zero-order valence-corrected chi connectivity index (χ0v) is 7.85. The molecule has 1 heterocycles. The number of nitrogens with zero attached hydrogens (tertiary/aromatic N) is 1. The summed E-state index contributed by atoms with van der Waals surface area (Å²) in [5.41, 5.74) is 0.667. The number of hydrogen-bond donors (Lipinski definition) is 1. The summed E-state index contributed by atoms with van der Waals surface area (Å²) in [6.07, 6.45) is 0. The topological polar surface area (TPSA) is 74.7 Å². The third-order valence-corrected chi connectivity index (χ3v) is 2.35. The van der Waals surface area contributed by atoms with E-state index < -0.39 is 17.7 Å². The lowest BCUT2D eigenvalue weighted by molar-refractivity contribution is -0.114. The molecule has 5 heteroatoms. The molecule has 0 bridgehead atoms. The summed E-state index contributed by atoms with van der Waals surface area (Å²) in [5.74, 6) is -2.31. The van der Waals surface area contributed by atoms with E-state index in [9.17, 15) is 14.4 Å². The molecular formula is C10H7NO4. The molecule has 0 radical (unpaired) electrons. The van der Waals surface area contributed by atoms with Gasteiger partial charge in [0.2, 0.25) is 0 Å². The van der Waals surface area contributed by atoms with E-state index in [0.29, 0.717) is 5.69 Å². The van der Waals surface area contributed by atoms with Crippen LogP contribution in [0.1, 0.15) is 20.7 Å². The molecule has 0 aromatic heterocycles. The fourth-order valence-corrected chi connectivity index (χ4v) is 1.51. The predicted octanol–water partition coefficient (Wildman–Crippen LogP) is 0.544. The highest BCUT2D eigenvalue weighted by Crippen LogP contribution is 2.28. The highest BCUT2D eigenvalue weighted by Gasteiger charge is 2.33. The Labute approximate surface area is 84.9 Å². The molecule has 0 spiro atoms. The number of amides is 1. The Hall–Kier alpha value is -2.17. The molecule has 1 amide bonds. The lowest BCUT2D eigenvalue weighted by atomic mass is 10.1. The van der Waals surface area contributed by atoms with E-state index in [1.807, 2.05) is 0 Å². The molecular weight excluding hydrogens is 198 g/mol. The van der Waals surface area contributed by atoms with Crippen LogP contribution in [0.2, 0.25) is 0 Å². The Morgan fingerprint density at radius 1 is 1.33 bits per heavy atom. The quantitative estimate of drug-likeness (QED) is 0.679. The summed E-state index contributed by atoms with van der Waals surface area (Å²) in [6.45, 7) is 0. The van der Waals surface area contributed by atoms with Crippen molar-refractivity contribution >= 4 is 23.3 Å². The highest BCUT2D eigenvalue weighted by molar-refractivity contribution is 6.52. The molecule has 0 saturated carbocycles. The first-order valence-corrected chi connectivity index (χ1v) is 4.22. The number of carbonyl (C=O) groups excluding carboxylic acids is 2. The first-order chi connectivity index (χ1) is 7.02. The number of benzene rings is 1. The van der Waals surface area contributed by atoms with Crippen LogP contribution >= 0.6 is 0 Å². The van der Waals surface area contributed by atoms with Crippen molar-refractivity contribution in [1.29, 1.82) is 0 Å². The second kappa shape index (κ2) is 2.91. The van der Waals surface area contributed by atoms with E-state index in [2.05, 4.69) is 0 Å². The molecule has 1 N–H and O–H groups in total. The van der Waals surface area contributed by atoms with Crippen LogP contribution in [-0.2, 0) is 4.79 Å². The molecule has 2 rings (SSSR count). The van der Waals surface area contributed by atoms with Gasteiger partial charge in [-0.05, 0) is 18.2 Å². The molecule has 1 aromatic carbocycles. The highest BCUT2D eigenvalue weighted by atomic mass is 16.4. The minimum atomic E-state index is -1.09. The molecule has 0 saturated heterocycles. The van der Waals surface area contributed by atoms with Gasteiger partial charge in [0.15, 0.2) is 0 Å². The first-order valence-electron chi connectivity index (χ1n) is 4.22. The monoisotopic (exact) mass is 205 g/mol. The van der Waals surface area contributed by atoms with Crippen molar-refractivity contribution in [3.05, 3.63) is 29.3 Å². The van der Waals surface area contributed by atoms with Gasteiger partial charge in [-0.1, -0.05) is 0 Å². The summed E-state index contributed by atoms with van der Waals surface area (Å²) in [6, 6.07) is 3.99. The maximum atomic E-state index is 11.3. The average molecular weight is 205 g/mol. The number of carbonyl (C=O) groups is 3. The number of hydrogen-bond acceptors (Lipinski definition) is 3. The van der Waals surface area contributed by atoms with Crippen LogP contribution in [0.3, 0.4) is 0 Å². The van der Waals surface area contributed by atoms with E-state index in [-0.39, 0.29) is 11.1 Å². The van der Waals surface area contributed by atoms with Gasteiger partial charge in [0.05, 0.1) is 16.8 Å². The summed E-state index contributed by atoms with van der Waals surface area (Å²) in [5, 5.41) is 8.75. The first kappa shape index (κ1) is 9.39. The predicted molar refractivity (Wildman–Crippen MR) is 51.1 cm³/mol. The second-order valence-electron chi connectivity index (χ2n) is 3.23. The van der Waals surface area contributed by atoms with E-state index in [4.69, 9.17) is 5.11 Å². The number of Topliss-reactive ketones (excluding diaryl/α,β-unsaturated/α-hetero) is 1. The zero-order valence-electron chi connectivity index (χ0n) is 7.85. The van der Waals surface area contributed by atoms with Crippen molar-refractivity contribution in [2.45, 2.75) is 0 Å². The van der Waals surface area contributed by atoms with Gasteiger partial charge in [0.25, 0.3) is 11.7 Å². The van der Waals surface area contributed by atoms with E-state index >= 15 is 0 Å². The molecule has 0 fully saturated rings. The largest absolute Gasteiger partial charge is 0.478 e. The van der Waals surface area contributed by atoms with Crippen LogP contribution in [0.4, 0.5) is 5.69 Å². The summed E-state index contributed by atoms with van der Waals surface area (Å²) in [7, 11) is 1.44. The Morgan fingerprint density at radius 2 is 2.00 bits per heavy atom. The van der Waals surface area contributed by atoms with Gasteiger partial charge in [-0.25, -0.2) is 4.79 Å². The Balaban J connectivity index is 2.61. The summed E-state index contributed by atoms with van der Waals surface area (Å²) < 4.78 is 0. The van der Waals surface area contributed by atoms with Crippen molar-refractivity contribution in [2.75, 3.05) is 11.9 Å². The van der Waals surface area contributed by atoms with Crippen LogP contribution in [-0.4, -0.2) is 29.8 Å². The lowest BCUT2D eigenvalue weighted by Crippen LogP contribution is -2.24. The third kappa shape index (κ3) is 1.20. The van der Waals surface area contributed by atoms with Gasteiger partial charge in [0, 0.05) is 7.05 Å². The van der Waals surface area contributed by atoms with Crippen molar-refractivity contribution in [1.82, 2.24) is 0 Å². The molecule has 0 atom stereocenters. The smallest absolute Gasteiger partial charge is 0.335 e. The number of carboxylic acid groups (broad SMARTS) is 1. The van der Waals surface area contributed by atoms with Crippen LogP contribution in [0.25, 0.3) is 0 Å². The van der Waals surface area contributed by atoms with Crippen molar-refractivity contribution in [3.63, 3.8) is 0 Å². The van der Waals surface area contributed by atoms with Crippen molar-refractivity contribution in [3.8, 4) is 0 Å². The maximum Gasteiger partial charge on any atom is 0.335 e. The molecule has 5 nitrogen and oxygen atoms in total. The number of fused-ring (bicyclic) bond motifs is 1. The number of ketones is 1. The minimum Gasteiger partial charge on any atom is -0.478 e. The van der Waals surface area contributed by atoms with Crippen LogP contribution < -0.4 is 4.90 Å². The second-order valence-corrected chi connectivity index (χ2v) is 3.23. The zero-order chi connectivity index (χ0) is 11.2. The van der Waals surface area contributed by atoms with E-state index in [1.165, 1.54) is 25.2 Å². The molecule has 0 aliphatic carbocycles. The molecule has 76 valence electrons. The van der Waals surface area contributed by atoms with Crippen molar-refractivity contribution in [2.24, 2.45) is 0 Å². The molecule has 0 unspecified atom stereocenters. The third-order valence-electron chi connectivity index (χ3n) is 2.35. The molecule has 1 aliphatic heterocycles. The van der Waals surface area contributed by atoms with Gasteiger partial charge in [-0.15, -0.1) is 0 Å². The molecule has 1 aliphatic rings. The fourth-order valence-electron chi connectivity index (χ4n) is 1.51. The number of aromatic carboxylic acids is 1. The fraction of sp³-hybridized carbons (Fsp3) is 0.100. The normalized spacial score (nSPS) is 14.3. The van der Waals surface area contributed by atoms with Crippen LogP contribution in [0.15, 0.2) is 18.2 Å². The van der Waals surface area contributed by atoms with Gasteiger partial charge in [-0.3, -0.25) is 9.59 Å². The van der Waals surface area contributed by atoms with Gasteiger partial charge in [0.1, 0.15) is 0 Å². The summed E-state index contributed by atoms with van der Waals surface area (Å²) in [4.78, 5) is 34.5. The summed E-state index contributed by atoms with van der Waals surface area (Å²) >= 11 is 0. The van der Waals surface area contributed by atoms with E-state index in [1.54, 1.807) is 0 Å².